The van der Waals surface area contributed by atoms with Gasteiger partial charge in [-0.2, -0.15) is 5.26 Å². The molecule has 5 heteroatoms. The number of carbonyl (C=O) groups is 1. The van der Waals surface area contributed by atoms with Gasteiger partial charge in [0, 0.05) is 12.5 Å². The molecular weight excluding hydrogens is 264 g/mol. The number of hydrogen-bond donors (Lipinski definition) is 1. The third-order valence-electron chi connectivity index (χ3n) is 3.99. The first-order valence-corrected chi connectivity index (χ1v) is 7.45. The SMILES string of the molecule is CCCC(=O)Nc1nc2ccc(C#N)cc2n1C1CCC1. The zero-order valence-electron chi connectivity index (χ0n) is 12.1. The van der Waals surface area contributed by atoms with Gasteiger partial charge in [0.25, 0.3) is 0 Å². The second-order valence-corrected chi connectivity index (χ2v) is 5.50. The van der Waals surface area contributed by atoms with Crippen molar-refractivity contribution < 1.29 is 4.79 Å². The lowest BCUT2D eigenvalue weighted by Crippen LogP contribution is -2.21. The summed E-state index contributed by atoms with van der Waals surface area (Å²) in [6, 6.07) is 8.00. The summed E-state index contributed by atoms with van der Waals surface area (Å²) in [6.45, 7) is 1.98. The van der Waals surface area contributed by atoms with Crippen LogP contribution in [0.2, 0.25) is 0 Å². The summed E-state index contributed by atoms with van der Waals surface area (Å²) in [4.78, 5) is 16.4. The number of rotatable bonds is 4. The molecule has 0 atom stereocenters. The van der Waals surface area contributed by atoms with Crippen molar-refractivity contribution in [2.75, 3.05) is 5.32 Å². The van der Waals surface area contributed by atoms with E-state index in [4.69, 9.17) is 5.26 Å². The molecule has 0 spiro atoms. The van der Waals surface area contributed by atoms with Crippen molar-refractivity contribution in [1.29, 1.82) is 5.26 Å². The highest BCUT2D eigenvalue weighted by Crippen LogP contribution is 2.37. The normalized spacial score (nSPS) is 14.7. The Morgan fingerprint density at radius 1 is 1.52 bits per heavy atom. The monoisotopic (exact) mass is 282 g/mol. The Morgan fingerprint density at radius 2 is 2.33 bits per heavy atom. The first-order valence-electron chi connectivity index (χ1n) is 7.45. The lowest BCUT2D eigenvalue weighted by molar-refractivity contribution is -0.116. The average Bonchev–Trinajstić information content (AvgIpc) is 2.75. The van der Waals surface area contributed by atoms with Crippen molar-refractivity contribution in [3.63, 3.8) is 0 Å². The van der Waals surface area contributed by atoms with Crippen LogP contribution in [0.25, 0.3) is 11.0 Å². The molecule has 0 bridgehead atoms. The quantitative estimate of drug-likeness (QED) is 0.934. The summed E-state index contributed by atoms with van der Waals surface area (Å²) in [6.07, 6.45) is 4.70. The van der Waals surface area contributed by atoms with Crippen LogP contribution in [-0.2, 0) is 4.79 Å². The maximum Gasteiger partial charge on any atom is 0.226 e. The molecule has 0 radical (unpaired) electrons. The molecule has 5 nitrogen and oxygen atoms in total. The number of aromatic nitrogens is 2. The Balaban J connectivity index is 2.05. The van der Waals surface area contributed by atoms with Crippen molar-refractivity contribution in [2.45, 2.75) is 45.1 Å². The van der Waals surface area contributed by atoms with Gasteiger partial charge in [0.15, 0.2) is 0 Å². The van der Waals surface area contributed by atoms with E-state index in [1.165, 1.54) is 6.42 Å². The van der Waals surface area contributed by atoms with Gasteiger partial charge in [0.2, 0.25) is 11.9 Å². The van der Waals surface area contributed by atoms with E-state index in [1.807, 2.05) is 19.1 Å². The topological polar surface area (TPSA) is 70.7 Å². The van der Waals surface area contributed by atoms with Crippen LogP contribution in [-0.4, -0.2) is 15.5 Å². The van der Waals surface area contributed by atoms with Gasteiger partial charge in [-0.1, -0.05) is 6.92 Å². The van der Waals surface area contributed by atoms with Crippen LogP contribution in [0.5, 0.6) is 0 Å². The molecule has 21 heavy (non-hydrogen) atoms. The highest BCUT2D eigenvalue weighted by Gasteiger charge is 2.25. The minimum Gasteiger partial charge on any atom is -0.307 e. The summed E-state index contributed by atoms with van der Waals surface area (Å²) in [5.74, 6) is 0.608. The highest BCUT2D eigenvalue weighted by atomic mass is 16.1. The van der Waals surface area contributed by atoms with Crippen LogP contribution in [0.4, 0.5) is 5.95 Å². The number of nitrogens with zero attached hydrogens (tertiary/aromatic N) is 3. The number of carbonyl (C=O) groups excluding carboxylic acids is 1. The number of fused-ring (bicyclic) bond motifs is 1. The van der Waals surface area contributed by atoms with Gasteiger partial charge in [-0.3, -0.25) is 10.1 Å². The van der Waals surface area contributed by atoms with E-state index in [2.05, 4.69) is 20.9 Å². The largest absolute Gasteiger partial charge is 0.307 e. The van der Waals surface area contributed by atoms with E-state index < -0.39 is 0 Å². The Morgan fingerprint density at radius 3 is 2.95 bits per heavy atom. The first kappa shape index (κ1) is 13.6. The lowest BCUT2D eigenvalue weighted by atomic mass is 9.92. The van der Waals surface area contributed by atoms with Crippen LogP contribution >= 0.6 is 0 Å². The Hall–Kier alpha value is -2.35. The standard InChI is InChI=1S/C16H18N4O/c1-2-4-15(21)19-16-18-13-8-7-11(10-17)9-14(13)20(16)12-5-3-6-12/h7-9,12H,2-6H2,1H3,(H,18,19,21). The third-order valence-corrected chi connectivity index (χ3v) is 3.99. The van der Waals surface area contributed by atoms with Gasteiger partial charge in [0.1, 0.15) is 0 Å². The molecule has 1 amide bonds. The van der Waals surface area contributed by atoms with E-state index >= 15 is 0 Å². The van der Waals surface area contributed by atoms with Gasteiger partial charge in [-0.25, -0.2) is 4.98 Å². The van der Waals surface area contributed by atoms with Crippen molar-refractivity contribution in [1.82, 2.24) is 9.55 Å². The number of amides is 1. The maximum atomic E-state index is 11.9. The van der Waals surface area contributed by atoms with Crippen LogP contribution in [0.3, 0.4) is 0 Å². The predicted octanol–water partition coefficient (Wildman–Crippen LogP) is 3.37. The number of anilines is 1. The van der Waals surface area contributed by atoms with Crippen LogP contribution < -0.4 is 5.32 Å². The van der Waals surface area contributed by atoms with Crippen molar-refractivity contribution >= 4 is 22.9 Å². The number of benzene rings is 1. The summed E-state index contributed by atoms with van der Waals surface area (Å²) in [7, 11) is 0. The van der Waals surface area contributed by atoms with Gasteiger partial charge in [0.05, 0.1) is 22.7 Å². The lowest BCUT2D eigenvalue weighted by Gasteiger charge is -2.29. The first-order chi connectivity index (χ1) is 10.2. The summed E-state index contributed by atoms with van der Waals surface area (Å²) >= 11 is 0. The van der Waals surface area contributed by atoms with Crippen molar-refractivity contribution in [2.24, 2.45) is 0 Å². The van der Waals surface area contributed by atoms with Crippen LogP contribution in [0, 0.1) is 11.3 Å². The molecule has 0 aliphatic heterocycles. The van der Waals surface area contributed by atoms with Crippen molar-refractivity contribution in [3.8, 4) is 6.07 Å². The van der Waals surface area contributed by atoms with E-state index in [0.29, 0.717) is 24.0 Å². The number of imidazole rings is 1. The Kier molecular flexibility index (Phi) is 3.61. The van der Waals surface area contributed by atoms with Crippen LogP contribution in [0.15, 0.2) is 18.2 Å². The second-order valence-electron chi connectivity index (χ2n) is 5.50. The fourth-order valence-corrected chi connectivity index (χ4v) is 2.68. The predicted molar refractivity (Wildman–Crippen MR) is 80.9 cm³/mol. The smallest absolute Gasteiger partial charge is 0.226 e. The molecule has 2 aromatic rings. The average molecular weight is 282 g/mol. The fourth-order valence-electron chi connectivity index (χ4n) is 2.68. The molecule has 1 N–H and O–H groups in total. The molecule has 0 saturated heterocycles. The Bertz CT molecular complexity index is 722. The number of nitriles is 1. The molecule has 1 saturated carbocycles. The van der Waals surface area contributed by atoms with Crippen LogP contribution in [0.1, 0.15) is 50.6 Å². The molecule has 108 valence electrons. The zero-order valence-corrected chi connectivity index (χ0v) is 12.1. The van der Waals surface area contributed by atoms with E-state index in [-0.39, 0.29) is 5.91 Å². The fraction of sp³-hybridized carbons (Fsp3) is 0.438. The Labute approximate surface area is 123 Å². The van der Waals surface area contributed by atoms with E-state index in [1.54, 1.807) is 6.07 Å². The molecule has 1 aliphatic rings. The highest BCUT2D eigenvalue weighted by molar-refractivity contribution is 5.91. The molecule has 1 fully saturated rings. The van der Waals surface area contributed by atoms with Gasteiger partial charge < -0.3 is 4.57 Å². The molecular formula is C16H18N4O. The van der Waals surface area contributed by atoms with Gasteiger partial charge in [-0.15, -0.1) is 0 Å². The molecule has 1 heterocycles. The van der Waals surface area contributed by atoms with E-state index in [9.17, 15) is 4.79 Å². The molecule has 3 rings (SSSR count). The molecule has 0 unspecified atom stereocenters. The van der Waals surface area contributed by atoms with Gasteiger partial charge in [-0.05, 0) is 43.9 Å². The summed E-state index contributed by atoms with van der Waals surface area (Å²) < 4.78 is 2.09. The molecule has 1 aromatic carbocycles. The molecule has 1 aliphatic carbocycles. The number of hydrogen-bond acceptors (Lipinski definition) is 3. The van der Waals surface area contributed by atoms with Crippen molar-refractivity contribution in [3.05, 3.63) is 23.8 Å². The zero-order chi connectivity index (χ0) is 14.8. The molecule has 1 aromatic heterocycles. The minimum atomic E-state index is -0.00566. The minimum absolute atomic E-state index is 0.00566. The van der Waals surface area contributed by atoms with E-state index in [0.717, 1.165) is 30.3 Å². The second kappa shape index (κ2) is 5.57. The summed E-state index contributed by atoms with van der Waals surface area (Å²) in [5.41, 5.74) is 2.38. The van der Waals surface area contributed by atoms with Gasteiger partial charge >= 0.3 is 0 Å². The maximum absolute atomic E-state index is 11.9. The number of nitrogens with one attached hydrogen (secondary N) is 1. The third kappa shape index (κ3) is 2.49. The summed E-state index contributed by atoms with van der Waals surface area (Å²) in [5, 5.41) is 12.0.